The maximum absolute atomic E-state index is 12.4. The zero-order chi connectivity index (χ0) is 13.3. The van der Waals surface area contributed by atoms with Gasteiger partial charge in [-0.1, -0.05) is 30.3 Å². The molecular weight excluding hydrogens is 267 g/mol. The van der Waals surface area contributed by atoms with Crippen molar-refractivity contribution in [1.82, 2.24) is 4.90 Å². The number of thioether (sulfide) groups is 1. The Kier molecular flexibility index (Phi) is 3.16. The fraction of sp³-hybridized carbons (Fsp3) is 0.0909. The summed E-state index contributed by atoms with van der Waals surface area (Å²) in [5.41, 5.74) is 0.560. The van der Waals surface area contributed by atoms with Crippen molar-refractivity contribution in [2.24, 2.45) is 0 Å². The van der Waals surface area contributed by atoms with Crippen LogP contribution in [0.3, 0.4) is 0 Å². The third-order valence-electron chi connectivity index (χ3n) is 2.14. The van der Waals surface area contributed by atoms with Crippen molar-refractivity contribution in [2.45, 2.75) is 6.30 Å². The van der Waals surface area contributed by atoms with Gasteiger partial charge in [0.05, 0.1) is 4.91 Å². The van der Waals surface area contributed by atoms with Crippen LogP contribution in [0.25, 0.3) is 6.08 Å². The molecule has 1 heterocycles. The fourth-order valence-corrected chi connectivity index (χ4v) is 2.23. The van der Waals surface area contributed by atoms with Crippen molar-refractivity contribution >= 4 is 29.0 Å². The topological polar surface area (TPSA) is 37.4 Å². The van der Waals surface area contributed by atoms with Crippen molar-refractivity contribution < 1.29 is 22.8 Å². The van der Waals surface area contributed by atoms with E-state index in [0.29, 0.717) is 5.56 Å². The van der Waals surface area contributed by atoms with E-state index in [0.717, 1.165) is 0 Å². The maximum atomic E-state index is 12.4. The van der Waals surface area contributed by atoms with Gasteiger partial charge in [0.1, 0.15) is 0 Å². The highest BCUT2D eigenvalue weighted by Crippen LogP contribution is 2.38. The van der Waals surface area contributed by atoms with E-state index in [4.69, 9.17) is 0 Å². The van der Waals surface area contributed by atoms with Crippen LogP contribution in [0, 0.1) is 0 Å². The van der Waals surface area contributed by atoms with E-state index in [9.17, 15) is 22.8 Å². The number of hydrogen-bond donors (Lipinski definition) is 0. The predicted octanol–water partition coefficient (Wildman–Crippen LogP) is 3.24. The molecule has 0 atom stereocenters. The molecule has 1 aromatic carbocycles. The van der Waals surface area contributed by atoms with Gasteiger partial charge in [0.25, 0.3) is 5.91 Å². The number of carbonyl (C=O) groups excluding carboxylic acids is 2. The summed E-state index contributed by atoms with van der Waals surface area (Å²) in [4.78, 5) is 21.7. The first-order chi connectivity index (χ1) is 8.39. The normalized spacial score (nSPS) is 18.8. The van der Waals surface area contributed by atoms with Gasteiger partial charge < -0.3 is 0 Å². The van der Waals surface area contributed by atoms with Gasteiger partial charge in [-0.3, -0.25) is 9.59 Å². The Labute approximate surface area is 104 Å². The third kappa shape index (κ3) is 2.40. The average Bonchev–Trinajstić information content (AvgIpc) is 2.54. The van der Waals surface area contributed by atoms with Gasteiger partial charge in [-0.15, -0.1) is 13.2 Å². The molecule has 1 aromatic rings. The summed E-state index contributed by atoms with van der Waals surface area (Å²) in [5.74, 6) is -1.33. The number of amides is 2. The maximum Gasteiger partial charge on any atom is 0.494 e. The molecule has 0 bridgehead atoms. The van der Waals surface area contributed by atoms with Crippen molar-refractivity contribution in [3.05, 3.63) is 40.8 Å². The van der Waals surface area contributed by atoms with E-state index in [1.54, 1.807) is 30.3 Å². The van der Waals surface area contributed by atoms with E-state index < -0.39 is 22.3 Å². The van der Waals surface area contributed by atoms with E-state index in [-0.39, 0.29) is 16.7 Å². The van der Waals surface area contributed by atoms with Crippen LogP contribution in [0.4, 0.5) is 18.0 Å². The Balaban J connectivity index is 2.32. The molecule has 0 radical (unpaired) electrons. The van der Waals surface area contributed by atoms with Crippen molar-refractivity contribution in [3.63, 3.8) is 0 Å². The monoisotopic (exact) mass is 273 g/mol. The summed E-state index contributed by atoms with van der Waals surface area (Å²) in [6, 6.07) is 8.35. The van der Waals surface area contributed by atoms with Gasteiger partial charge in [-0.2, -0.15) is 4.90 Å². The molecule has 2 amide bonds. The van der Waals surface area contributed by atoms with Crippen molar-refractivity contribution in [3.8, 4) is 0 Å². The summed E-state index contributed by atoms with van der Waals surface area (Å²) in [5, 5.41) is -1.32. The first-order valence-corrected chi connectivity index (χ1v) is 5.61. The second kappa shape index (κ2) is 4.49. The molecule has 0 aliphatic carbocycles. The molecule has 0 unspecified atom stereocenters. The van der Waals surface area contributed by atoms with Gasteiger partial charge in [0.2, 0.25) is 0 Å². The van der Waals surface area contributed by atoms with Gasteiger partial charge in [-0.25, -0.2) is 0 Å². The molecule has 7 heteroatoms. The number of rotatable bonds is 1. The van der Waals surface area contributed by atoms with Crippen LogP contribution in [-0.2, 0) is 4.79 Å². The van der Waals surface area contributed by atoms with Gasteiger partial charge in [-0.05, 0) is 23.4 Å². The Hall–Kier alpha value is -1.76. The summed E-state index contributed by atoms with van der Waals surface area (Å²) in [7, 11) is 0. The van der Waals surface area contributed by atoms with Gasteiger partial charge in [0, 0.05) is 0 Å². The lowest BCUT2D eigenvalue weighted by Crippen LogP contribution is -2.41. The van der Waals surface area contributed by atoms with E-state index in [1.807, 2.05) is 0 Å². The van der Waals surface area contributed by atoms with E-state index in [2.05, 4.69) is 0 Å². The second-order valence-electron chi connectivity index (χ2n) is 3.40. The van der Waals surface area contributed by atoms with Gasteiger partial charge in [0.15, 0.2) is 0 Å². The minimum atomic E-state index is -4.98. The minimum absolute atomic E-state index is 0.233. The van der Waals surface area contributed by atoms with E-state index >= 15 is 0 Å². The van der Waals surface area contributed by atoms with Crippen LogP contribution in [0.1, 0.15) is 5.56 Å². The molecule has 18 heavy (non-hydrogen) atoms. The van der Waals surface area contributed by atoms with Crippen molar-refractivity contribution in [1.29, 1.82) is 0 Å². The smallest absolute Gasteiger partial charge is 0.268 e. The predicted molar refractivity (Wildman–Crippen MR) is 60.3 cm³/mol. The Morgan fingerprint density at radius 2 is 1.72 bits per heavy atom. The van der Waals surface area contributed by atoms with Crippen LogP contribution < -0.4 is 0 Å². The number of imide groups is 1. The first kappa shape index (κ1) is 12.7. The van der Waals surface area contributed by atoms with Crippen LogP contribution in [0.15, 0.2) is 35.2 Å². The largest absolute Gasteiger partial charge is 0.494 e. The molecule has 0 saturated carbocycles. The zero-order valence-electron chi connectivity index (χ0n) is 8.77. The molecule has 3 nitrogen and oxygen atoms in total. The Morgan fingerprint density at radius 1 is 1.11 bits per heavy atom. The fourth-order valence-electron chi connectivity index (χ4n) is 1.39. The molecule has 1 fully saturated rings. The van der Waals surface area contributed by atoms with Crippen LogP contribution in [-0.4, -0.2) is 22.3 Å². The quantitative estimate of drug-likeness (QED) is 0.582. The first-order valence-electron chi connectivity index (χ1n) is 4.79. The lowest BCUT2D eigenvalue weighted by atomic mass is 10.2. The Bertz CT molecular complexity index is 525. The Morgan fingerprint density at radius 3 is 2.22 bits per heavy atom. The van der Waals surface area contributed by atoms with E-state index in [1.165, 1.54) is 6.08 Å². The molecule has 1 aliphatic rings. The molecule has 0 spiro atoms. The molecular formula is C11H6F3NO2S. The highest BCUT2D eigenvalue weighted by atomic mass is 32.2. The standard InChI is InChI=1S/C11H6F3NO2S/c12-11(13,14)15-9(16)8(18-10(15)17)6-7-4-2-1-3-5-7/h1-6H. The van der Waals surface area contributed by atoms with Crippen molar-refractivity contribution in [2.75, 3.05) is 0 Å². The van der Waals surface area contributed by atoms with Crippen LogP contribution in [0.5, 0.6) is 0 Å². The molecule has 94 valence electrons. The zero-order valence-corrected chi connectivity index (χ0v) is 9.59. The lowest BCUT2D eigenvalue weighted by molar-refractivity contribution is -0.216. The molecule has 1 saturated heterocycles. The summed E-state index contributed by atoms with van der Waals surface area (Å²) in [6.45, 7) is 0. The highest BCUT2D eigenvalue weighted by Gasteiger charge is 2.51. The summed E-state index contributed by atoms with van der Waals surface area (Å²) < 4.78 is 37.3. The number of nitrogens with zero attached hydrogens (tertiary/aromatic N) is 1. The summed E-state index contributed by atoms with van der Waals surface area (Å²) >= 11 is 0.282. The minimum Gasteiger partial charge on any atom is -0.268 e. The second-order valence-corrected chi connectivity index (χ2v) is 4.39. The number of halogens is 3. The van der Waals surface area contributed by atoms with Crippen LogP contribution in [0.2, 0.25) is 0 Å². The third-order valence-corrected chi connectivity index (χ3v) is 3.01. The molecule has 2 rings (SSSR count). The number of carbonyl (C=O) groups is 2. The average molecular weight is 273 g/mol. The molecule has 1 aliphatic heterocycles. The van der Waals surface area contributed by atoms with Gasteiger partial charge >= 0.3 is 11.5 Å². The number of hydrogen-bond acceptors (Lipinski definition) is 3. The number of alkyl halides is 3. The number of benzene rings is 1. The molecule has 0 aromatic heterocycles. The molecule has 0 N–H and O–H groups in total. The van der Waals surface area contributed by atoms with Crippen LogP contribution >= 0.6 is 11.8 Å². The summed E-state index contributed by atoms with van der Waals surface area (Å²) in [6.07, 6.45) is -3.72. The SMILES string of the molecule is O=C1SC(=Cc2ccccc2)C(=O)N1C(F)(F)F. The highest BCUT2D eigenvalue weighted by molar-refractivity contribution is 8.18. The lowest BCUT2D eigenvalue weighted by Gasteiger charge is -2.15.